The average molecular weight is 390 g/mol. The number of sulfonamides is 1. The van der Waals surface area contributed by atoms with Gasteiger partial charge in [0, 0.05) is 6.54 Å². The van der Waals surface area contributed by atoms with Crippen LogP contribution in [0.15, 0.2) is 36.4 Å². The molecule has 0 spiro atoms. The zero-order valence-corrected chi connectivity index (χ0v) is 14.3. The normalized spacial score (nSPS) is 11.3. The highest BCUT2D eigenvalue weighted by atomic mass is 32.2. The van der Waals surface area contributed by atoms with Crippen LogP contribution in [0, 0.1) is 23.3 Å². The van der Waals surface area contributed by atoms with Gasteiger partial charge in [-0.15, -0.1) is 0 Å². The van der Waals surface area contributed by atoms with E-state index in [0.29, 0.717) is 6.07 Å². The number of anilines is 1. The highest BCUT2D eigenvalue weighted by Gasteiger charge is 2.21. The van der Waals surface area contributed by atoms with Gasteiger partial charge in [-0.05, 0) is 30.3 Å². The van der Waals surface area contributed by atoms with Gasteiger partial charge in [0.15, 0.2) is 17.5 Å². The van der Waals surface area contributed by atoms with Crippen molar-refractivity contribution in [3.05, 3.63) is 65.2 Å². The van der Waals surface area contributed by atoms with E-state index in [1.807, 2.05) is 0 Å². The third-order valence-corrected chi connectivity index (χ3v) is 4.57. The Morgan fingerprint density at radius 3 is 2.38 bits per heavy atom. The van der Waals surface area contributed by atoms with E-state index in [-0.39, 0.29) is 18.8 Å². The molecule has 0 bridgehead atoms. The number of amides is 1. The minimum absolute atomic E-state index is 0.0424. The molecule has 0 aromatic heterocycles. The van der Waals surface area contributed by atoms with Crippen LogP contribution in [0.3, 0.4) is 0 Å². The molecule has 0 aliphatic rings. The van der Waals surface area contributed by atoms with Crippen molar-refractivity contribution in [3.8, 4) is 0 Å². The fourth-order valence-corrected chi connectivity index (χ4v) is 3.10. The summed E-state index contributed by atoms with van der Waals surface area (Å²) in [5, 5.41) is 2.21. The minimum atomic E-state index is -3.79. The molecule has 26 heavy (non-hydrogen) atoms. The third kappa shape index (κ3) is 4.51. The second kappa shape index (κ2) is 7.73. The first-order valence-electron chi connectivity index (χ1n) is 7.26. The number of benzene rings is 2. The molecule has 0 unspecified atom stereocenters. The first-order valence-corrected chi connectivity index (χ1v) is 9.11. The van der Waals surface area contributed by atoms with E-state index in [0.717, 1.165) is 28.8 Å². The highest BCUT2D eigenvalue weighted by molar-refractivity contribution is 7.92. The van der Waals surface area contributed by atoms with Crippen LogP contribution in [-0.2, 0) is 10.0 Å². The molecule has 1 amide bonds. The summed E-state index contributed by atoms with van der Waals surface area (Å²) >= 11 is 0. The molecule has 0 atom stereocenters. The van der Waals surface area contributed by atoms with Crippen molar-refractivity contribution in [2.75, 3.05) is 23.7 Å². The molecule has 0 aliphatic carbocycles. The van der Waals surface area contributed by atoms with Gasteiger partial charge >= 0.3 is 0 Å². The Balaban J connectivity index is 2.11. The summed E-state index contributed by atoms with van der Waals surface area (Å²) in [6.45, 7) is -0.555. The maximum atomic E-state index is 13.6. The quantitative estimate of drug-likeness (QED) is 0.609. The molecule has 0 fully saturated rings. The molecule has 0 radical (unpaired) electrons. The third-order valence-electron chi connectivity index (χ3n) is 3.38. The number of nitrogens with one attached hydrogen (secondary N) is 1. The fourth-order valence-electron chi connectivity index (χ4n) is 2.19. The Bertz CT molecular complexity index is 935. The van der Waals surface area contributed by atoms with E-state index in [4.69, 9.17) is 0 Å². The largest absolute Gasteiger partial charge is 0.350 e. The lowest BCUT2D eigenvalue weighted by Gasteiger charge is -2.22. The Morgan fingerprint density at radius 2 is 1.77 bits per heavy atom. The number of hydrogen-bond acceptors (Lipinski definition) is 3. The predicted molar refractivity (Wildman–Crippen MR) is 87.2 cm³/mol. The molecule has 0 aliphatic heterocycles. The second-order valence-electron chi connectivity index (χ2n) is 5.29. The molecule has 1 N–H and O–H groups in total. The maximum Gasteiger partial charge on any atom is 0.254 e. The van der Waals surface area contributed by atoms with Crippen LogP contribution in [0.1, 0.15) is 10.4 Å². The molecule has 0 heterocycles. The Morgan fingerprint density at radius 1 is 1.08 bits per heavy atom. The van der Waals surface area contributed by atoms with Gasteiger partial charge in [0.1, 0.15) is 5.82 Å². The molecule has 2 aromatic rings. The summed E-state index contributed by atoms with van der Waals surface area (Å²) in [4.78, 5) is 11.9. The molecule has 10 heteroatoms. The van der Waals surface area contributed by atoms with Crippen molar-refractivity contribution in [1.82, 2.24) is 5.32 Å². The Kier molecular flexibility index (Phi) is 5.86. The lowest BCUT2D eigenvalue weighted by molar-refractivity contribution is 0.0949. The first-order chi connectivity index (χ1) is 12.1. The van der Waals surface area contributed by atoms with Crippen LogP contribution < -0.4 is 9.62 Å². The SMILES string of the molecule is CS(=O)(=O)N(CCNC(=O)c1ccc(F)c(F)c1F)c1cccc(F)c1. The van der Waals surface area contributed by atoms with Crippen molar-refractivity contribution in [3.63, 3.8) is 0 Å². The van der Waals surface area contributed by atoms with Gasteiger partial charge in [0.05, 0.1) is 24.1 Å². The summed E-state index contributed by atoms with van der Waals surface area (Å²) in [5.74, 6) is -6.56. The smallest absolute Gasteiger partial charge is 0.254 e. The zero-order chi connectivity index (χ0) is 19.5. The van der Waals surface area contributed by atoms with Crippen molar-refractivity contribution in [2.45, 2.75) is 0 Å². The number of hydrogen-bond donors (Lipinski definition) is 1. The molecular weight excluding hydrogens is 376 g/mol. The number of rotatable bonds is 6. The summed E-state index contributed by atoms with van der Waals surface area (Å²) in [5.41, 5.74) is -0.679. The van der Waals surface area contributed by atoms with E-state index in [1.165, 1.54) is 12.1 Å². The van der Waals surface area contributed by atoms with Crippen molar-refractivity contribution < 1.29 is 30.8 Å². The summed E-state index contributed by atoms with van der Waals surface area (Å²) in [6.07, 6.45) is 0.898. The van der Waals surface area contributed by atoms with Crippen LogP contribution in [0.5, 0.6) is 0 Å². The maximum absolute atomic E-state index is 13.6. The molecular formula is C16H14F4N2O3S. The van der Waals surface area contributed by atoms with Crippen LogP contribution in [0.25, 0.3) is 0 Å². The van der Waals surface area contributed by atoms with Crippen molar-refractivity contribution >= 4 is 21.6 Å². The van der Waals surface area contributed by atoms with E-state index >= 15 is 0 Å². The lowest BCUT2D eigenvalue weighted by atomic mass is 10.2. The van der Waals surface area contributed by atoms with E-state index in [1.54, 1.807) is 0 Å². The summed E-state index contributed by atoms with van der Waals surface area (Å²) in [7, 11) is -3.79. The second-order valence-corrected chi connectivity index (χ2v) is 7.20. The van der Waals surface area contributed by atoms with Gasteiger partial charge in [-0.1, -0.05) is 6.07 Å². The van der Waals surface area contributed by atoms with E-state index < -0.39 is 44.8 Å². The van der Waals surface area contributed by atoms with Gasteiger partial charge in [-0.25, -0.2) is 26.0 Å². The van der Waals surface area contributed by atoms with Gasteiger partial charge in [-0.2, -0.15) is 0 Å². The number of carbonyl (C=O) groups is 1. The molecule has 0 saturated heterocycles. The predicted octanol–water partition coefficient (Wildman–Crippen LogP) is 2.44. The first kappa shape index (κ1) is 19.7. The standard InChI is InChI=1S/C16H14F4N2O3S/c1-26(24,25)22(11-4-2-3-10(17)9-11)8-7-21-16(23)12-5-6-13(18)15(20)14(12)19/h2-6,9H,7-8H2,1H3,(H,21,23). The van der Waals surface area contributed by atoms with Gasteiger partial charge < -0.3 is 5.32 Å². The number of carbonyl (C=O) groups excluding carboxylic acids is 1. The zero-order valence-electron chi connectivity index (χ0n) is 13.5. The van der Waals surface area contributed by atoms with Crippen molar-refractivity contribution in [2.24, 2.45) is 0 Å². The Labute approximate surface area is 147 Å². The minimum Gasteiger partial charge on any atom is -0.350 e. The van der Waals surface area contributed by atoms with Gasteiger partial charge in [-0.3, -0.25) is 9.10 Å². The fraction of sp³-hybridized carbons (Fsp3) is 0.188. The van der Waals surface area contributed by atoms with Gasteiger partial charge in [0.2, 0.25) is 10.0 Å². The molecule has 140 valence electrons. The molecule has 2 aromatic carbocycles. The Hall–Kier alpha value is -2.62. The monoisotopic (exact) mass is 390 g/mol. The number of nitrogens with zero attached hydrogens (tertiary/aromatic N) is 1. The van der Waals surface area contributed by atoms with E-state index in [2.05, 4.69) is 5.32 Å². The number of halogens is 4. The topological polar surface area (TPSA) is 66.5 Å². The van der Waals surface area contributed by atoms with Crippen LogP contribution in [-0.4, -0.2) is 33.7 Å². The van der Waals surface area contributed by atoms with Crippen LogP contribution >= 0.6 is 0 Å². The van der Waals surface area contributed by atoms with E-state index in [9.17, 15) is 30.8 Å². The molecule has 5 nitrogen and oxygen atoms in total. The van der Waals surface area contributed by atoms with Crippen molar-refractivity contribution in [1.29, 1.82) is 0 Å². The molecule has 2 rings (SSSR count). The van der Waals surface area contributed by atoms with Gasteiger partial charge in [0.25, 0.3) is 5.91 Å². The summed E-state index contributed by atoms with van der Waals surface area (Å²) in [6, 6.07) is 6.18. The molecule has 0 saturated carbocycles. The lowest BCUT2D eigenvalue weighted by Crippen LogP contribution is -2.38. The summed E-state index contributed by atoms with van der Waals surface area (Å²) < 4.78 is 77.5. The van der Waals surface area contributed by atoms with Crippen LogP contribution in [0.4, 0.5) is 23.2 Å². The van der Waals surface area contributed by atoms with Crippen LogP contribution in [0.2, 0.25) is 0 Å². The highest BCUT2D eigenvalue weighted by Crippen LogP contribution is 2.18. The average Bonchev–Trinajstić information content (AvgIpc) is 2.55.